The lowest BCUT2D eigenvalue weighted by Crippen LogP contribution is -2.39. The number of rotatable bonds is 1. The van der Waals surface area contributed by atoms with Crippen molar-refractivity contribution >= 4 is 6.09 Å². The molecule has 4 heteroatoms. The third-order valence-corrected chi connectivity index (χ3v) is 2.17. The summed E-state index contributed by atoms with van der Waals surface area (Å²) in [4.78, 5) is 11.5. The zero-order valence-corrected chi connectivity index (χ0v) is 9.84. The van der Waals surface area contributed by atoms with Crippen LogP contribution in [0.1, 0.15) is 40.0 Å². The first-order valence-electron chi connectivity index (χ1n) is 5.54. The minimum Gasteiger partial charge on any atom is -0.444 e. The van der Waals surface area contributed by atoms with E-state index in [0.717, 1.165) is 32.5 Å². The molecule has 0 bridgehead atoms. The van der Waals surface area contributed by atoms with Crippen LogP contribution in [0.3, 0.4) is 0 Å². The summed E-state index contributed by atoms with van der Waals surface area (Å²) in [6.07, 6.45) is 2.52. The van der Waals surface area contributed by atoms with E-state index < -0.39 is 5.60 Å². The normalized spacial score (nSPS) is 23.0. The molecule has 1 amide bonds. The number of hydrogen-bond acceptors (Lipinski definition) is 3. The number of carbonyl (C=O) groups is 1. The summed E-state index contributed by atoms with van der Waals surface area (Å²) >= 11 is 0. The van der Waals surface area contributed by atoms with Gasteiger partial charge >= 0.3 is 6.09 Å². The van der Waals surface area contributed by atoms with Crippen LogP contribution >= 0.6 is 0 Å². The van der Waals surface area contributed by atoms with Gasteiger partial charge in [-0.2, -0.15) is 0 Å². The molecule has 1 fully saturated rings. The summed E-state index contributed by atoms with van der Waals surface area (Å²) in [6, 6.07) is 0.197. The Hall–Kier alpha value is -0.770. The molecule has 1 N–H and O–H groups in total. The van der Waals surface area contributed by atoms with Gasteiger partial charge < -0.3 is 14.8 Å². The zero-order chi connectivity index (χ0) is 11.3. The van der Waals surface area contributed by atoms with Crippen molar-refractivity contribution in [2.75, 3.05) is 13.2 Å². The molecule has 4 nitrogen and oxygen atoms in total. The van der Waals surface area contributed by atoms with Gasteiger partial charge in [0.1, 0.15) is 5.60 Å². The van der Waals surface area contributed by atoms with E-state index in [1.807, 2.05) is 20.8 Å². The Morgan fingerprint density at radius 3 is 2.73 bits per heavy atom. The van der Waals surface area contributed by atoms with Crippen LogP contribution in [0.5, 0.6) is 0 Å². The van der Waals surface area contributed by atoms with E-state index in [2.05, 4.69) is 5.32 Å². The fourth-order valence-corrected chi connectivity index (χ4v) is 1.52. The van der Waals surface area contributed by atoms with Gasteiger partial charge in [-0.3, -0.25) is 0 Å². The fraction of sp³-hybridized carbons (Fsp3) is 0.909. The Labute approximate surface area is 91.3 Å². The van der Waals surface area contributed by atoms with Gasteiger partial charge in [-0.25, -0.2) is 4.79 Å². The van der Waals surface area contributed by atoms with Crippen LogP contribution < -0.4 is 5.32 Å². The number of nitrogens with one attached hydrogen (secondary N) is 1. The summed E-state index contributed by atoms with van der Waals surface area (Å²) in [5, 5.41) is 2.87. The van der Waals surface area contributed by atoms with Crippen LogP contribution in [0.2, 0.25) is 0 Å². The SMILES string of the molecule is CC(C)(C)OC(=O)NC1CCCOCC1. The second kappa shape index (κ2) is 5.35. The predicted molar refractivity (Wildman–Crippen MR) is 57.8 cm³/mol. The molecule has 1 unspecified atom stereocenters. The molecule has 0 radical (unpaired) electrons. The molecule has 1 aliphatic rings. The molecule has 1 saturated heterocycles. The lowest BCUT2D eigenvalue weighted by molar-refractivity contribution is 0.0497. The lowest BCUT2D eigenvalue weighted by Gasteiger charge is -2.22. The Kier molecular flexibility index (Phi) is 4.39. The largest absolute Gasteiger partial charge is 0.444 e. The summed E-state index contributed by atoms with van der Waals surface area (Å²) in [6.45, 7) is 7.11. The molecule has 1 rings (SSSR count). The average molecular weight is 215 g/mol. The van der Waals surface area contributed by atoms with Crippen molar-refractivity contribution in [2.45, 2.75) is 51.7 Å². The summed E-state index contributed by atoms with van der Waals surface area (Å²) in [5.41, 5.74) is -0.425. The van der Waals surface area contributed by atoms with Crippen molar-refractivity contribution in [1.82, 2.24) is 5.32 Å². The van der Waals surface area contributed by atoms with E-state index in [1.54, 1.807) is 0 Å². The van der Waals surface area contributed by atoms with Crippen molar-refractivity contribution in [3.05, 3.63) is 0 Å². The first-order chi connectivity index (χ1) is 6.97. The number of ether oxygens (including phenoxy) is 2. The maximum atomic E-state index is 11.5. The van der Waals surface area contributed by atoms with E-state index in [9.17, 15) is 4.79 Å². The minimum atomic E-state index is -0.425. The number of carbonyl (C=O) groups excluding carboxylic acids is 1. The summed E-state index contributed by atoms with van der Waals surface area (Å²) in [7, 11) is 0. The predicted octanol–water partition coefficient (Wildman–Crippen LogP) is 2.08. The van der Waals surface area contributed by atoms with E-state index >= 15 is 0 Å². The Bertz CT molecular complexity index is 202. The second-order valence-electron chi connectivity index (χ2n) is 4.89. The summed E-state index contributed by atoms with van der Waals surface area (Å²) < 4.78 is 10.5. The molecule has 0 aromatic rings. The molecule has 0 spiro atoms. The monoisotopic (exact) mass is 215 g/mol. The van der Waals surface area contributed by atoms with E-state index in [-0.39, 0.29) is 12.1 Å². The third-order valence-electron chi connectivity index (χ3n) is 2.17. The standard InChI is InChI=1S/C11H21NO3/c1-11(2,3)15-10(13)12-9-5-4-7-14-8-6-9/h9H,4-8H2,1-3H3,(H,12,13). The highest BCUT2D eigenvalue weighted by molar-refractivity contribution is 5.68. The molecular formula is C11H21NO3. The zero-order valence-electron chi connectivity index (χ0n) is 9.84. The minimum absolute atomic E-state index is 0.197. The van der Waals surface area contributed by atoms with Gasteiger partial charge in [-0.15, -0.1) is 0 Å². The molecule has 0 aliphatic carbocycles. The van der Waals surface area contributed by atoms with Gasteiger partial charge in [0.2, 0.25) is 0 Å². The first kappa shape index (κ1) is 12.3. The van der Waals surface area contributed by atoms with Gasteiger partial charge in [0.25, 0.3) is 0 Å². The number of hydrogen-bond donors (Lipinski definition) is 1. The van der Waals surface area contributed by atoms with Gasteiger partial charge in [-0.1, -0.05) is 0 Å². The molecule has 0 saturated carbocycles. The topological polar surface area (TPSA) is 47.6 Å². The molecular weight excluding hydrogens is 194 g/mol. The van der Waals surface area contributed by atoms with Gasteiger partial charge in [0, 0.05) is 19.3 Å². The van der Waals surface area contributed by atoms with Gasteiger partial charge in [0.15, 0.2) is 0 Å². The quantitative estimate of drug-likeness (QED) is 0.728. The maximum Gasteiger partial charge on any atom is 0.407 e. The fourth-order valence-electron chi connectivity index (χ4n) is 1.52. The molecule has 1 aliphatic heterocycles. The third kappa shape index (κ3) is 5.62. The van der Waals surface area contributed by atoms with Crippen LogP contribution in [0.15, 0.2) is 0 Å². The molecule has 1 atom stereocenters. The van der Waals surface area contributed by atoms with Crippen LogP contribution in [0, 0.1) is 0 Å². The Morgan fingerprint density at radius 1 is 1.33 bits per heavy atom. The first-order valence-corrected chi connectivity index (χ1v) is 5.54. The van der Waals surface area contributed by atoms with Crippen molar-refractivity contribution in [3.8, 4) is 0 Å². The highest BCUT2D eigenvalue weighted by Crippen LogP contribution is 2.10. The van der Waals surface area contributed by atoms with E-state index in [1.165, 1.54) is 0 Å². The van der Waals surface area contributed by atoms with E-state index in [0.29, 0.717) is 0 Å². The number of alkyl carbamates (subject to hydrolysis) is 1. The lowest BCUT2D eigenvalue weighted by atomic mass is 10.1. The van der Waals surface area contributed by atoms with Crippen molar-refractivity contribution in [1.29, 1.82) is 0 Å². The maximum absolute atomic E-state index is 11.5. The van der Waals surface area contributed by atoms with Crippen molar-refractivity contribution in [2.24, 2.45) is 0 Å². The highest BCUT2D eigenvalue weighted by atomic mass is 16.6. The highest BCUT2D eigenvalue weighted by Gasteiger charge is 2.20. The van der Waals surface area contributed by atoms with Gasteiger partial charge in [-0.05, 0) is 40.0 Å². The van der Waals surface area contributed by atoms with E-state index in [4.69, 9.17) is 9.47 Å². The molecule has 0 aromatic carbocycles. The smallest absolute Gasteiger partial charge is 0.407 e. The molecule has 88 valence electrons. The molecule has 15 heavy (non-hydrogen) atoms. The molecule has 0 aromatic heterocycles. The van der Waals surface area contributed by atoms with Crippen LogP contribution in [0.25, 0.3) is 0 Å². The number of amides is 1. The van der Waals surface area contributed by atoms with Gasteiger partial charge in [0.05, 0.1) is 0 Å². The second-order valence-corrected chi connectivity index (χ2v) is 4.89. The van der Waals surface area contributed by atoms with Crippen molar-refractivity contribution < 1.29 is 14.3 Å². The van der Waals surface area contributed by atoms with Crippen molar-refractivity contribution in [3.63, 3.8) is 0 Å². The Morgan fingerprint density at radius 2 is 2.07 bits per heavy atom. The van der Waals surface area contributed by atoms with Crippen LogP contribution in [0.4, 0.5) is 4.79 Å². The average Bonchev–Trinajstić information content (AvgIpc) is 2.28. The van der Waals surface area contributed by atoms with Crippen LogP contribution in [-0.4, -0.2) is 30.9 Å². The molecule has 1 heterocycles. The van der Waals surface area contributed by atoms with Crippen LogP contribution in [-0.2, 0) is 9.47 Å². The Balaban J connectivity index is 2.30. The summed E-state index contributed by atoms with van der Waals surface area (Å²) in [5.74, 6) is 0.